The van der Waals surface area contributed by atoms with Crippen molar-refractivity contribution in [3.8, 4) is 0 Å². The van der Waals surface area contributed by atoms with Gasteiger partial charge in [-0.1, -0.05) is 134 Å². The fourth-order valence-electron chi connectivity index (χ4n) is 5.83. The highest BCUT2D eigenvalue weighted by atomic mass is 14.5. The van der Waals surface area contributed by atoms with Crippen molar-refractivity contribution in [1.82, 2.24) is 0 Å². The summed E-state index contributed by atoms with van der Waals surface area (Å²) in [5.41, 5.74) is 13.5. The first-order chi connectivity index (χ1) is 16.6. The van der Waals surface area contributed by atoms with Crippen LogP contribution in [0.3, 0.4) is 0 Å². The third-order valence-electron chi connectivity index (χ3n) is 7.48. The predicted octanol–water partition coefficient (Wildman–Crippen LogP) is 9.21. The van der Waals surface area contributed by atoms with Gasteiger partial charge in [0, 0.05) is 11.8 Å². The first-order valence-electron chi connectivity index (χ1n) is 12.6. The van der Waals surface area contributed by atoms with Gasteiger partial charge in [-0.25, -0.2) is 0 Å². The highest BCUT2D eigenvalue weighted by Gasteiger charge is 2.42. The molecule has 0 aliphatic heterocycles. The maximum atomic E-state index is 4.68. The molecule has 0 bridgehead atoms. The molecule has 1 fully saturated rings. The zero-order valence-corrected chi connectivity index (χ0v) is 20.5. The van der Waals surface area contributed by atoms with Crippen molar-refractivity contribution in [1.29, 1.82) is 0 Å². The van der Waals surface area contributed by atoms with Crippen molar-refractivity contribution in [3.63, 3.8) is 0 Å². The van der Waals surface area contributed by atoms with Gasteiger partial charge in [0.2, 0.25) is 0 Å². The summed E-state index contributed by atoms with van der Waals surface area (Å²) in [5.74, 6) is 0.625. The van der Waals surface area contributed by atoms with Gasteiger partial charge in [0.1, 0.15) is 0 Å². The Morgan fingerprint density at radius 1 is 1.00 bits per heavy atom. The van der Waals surface area contributed by atoms with E-state index in [0.29, 0.717) is 11.8 Å². The van der Waals surface area contributed by atoms with Crippen LogP contribution in [-0.4, -0.2) is 0 Å². The molecule has 0 heteroatoms. The number of hydrogen-bond acceptors (Lipinski definition) is 0. The molecule has 0 N–H and O–H groups in total. The van der Waals surface area contributed by atoms with Gasteiger partial charge in [0.25, 0.3) is 0 Å². The first-order valence-corrected chi connectivity index (χ1v) is 12.6. The van der Waals surface area contributed by atoms with Crippen LogP contribution in [0.15, 0.2) is 125 Å². The zero-order valence-electron chi connectivity index (χ0n) is 20.5. The Kier molecular flexibility index (Phi) is 6.24. The van der Waals surface area contributed by atoms with E-state index in [4.69, 9.17) is 0 Å². The lowest BCUT2D eigenvalue weighted by Crippen LogP contribution is -2.24. The van der Waals surface area contributed by atoms with Crippen molar-refractivity contribution in [3.05, 3.63) is 142 Å². The van der Waals surface area contributed by atoms with E-state index in [0.717, 1.165) is 25.7 Å². The van der Waals surface area contributed by atoms with Crippen LogP contribution < -0.4 is 0 Å². The first kappa shape index (κ1) is 22.4. The normalized spacial score (nSPS) is 22.8. The minimum Gasteiger partial charge on any atom is -0.0955 e. The molecule has 2 atom stereocenters. The predicted molar refractivity (Wildman–Crippen MR) is 147 cm³/mol. The molecule has 5 rings (SSSR count). The molecule has 3 aliphatic rings. The molecule has 1 saturated carbocycles. The van der Waals surface area contributed by atoms with Crippen LogP contribution in [0.1, 0.15) is 49.3 Å². The Morgan fingerprint density at radius 2 is 1.76 bits per heavy atom. The Balaban J connectivity index is 1.65. The van der Waals surface area contributed by atoms with Crippen LogP contribution in [0.4, 0.5) is 0 Å². The van der Waals surface area contributed by atoms with Crippen LogP contribution in [0.5, 0.6) is 0 Å². The van der Waals surface area contributed by atoms with Crippen LogP contribution in [-0.2, 0) is 0 Å². The summed E-state index contributed by atoms with van der Waals surface area (Å²) in [7, 11) is 0. The summed E-state index contributed by atoms with van der Waals surface area (Å²) < 4.78 is 0. The maximum absolute atomic E-state index is 4.68. The van der Waals surface area contributed by atoms with Gasteiger partial charge in [-0.05, 0) is 59.6 Å². The molecule has 0 amide bonds. The standard InChI is InChI=1S/C34H34/c1-5-11-24(3)32-31(27-12-7-6-8-13-27)22-30-21-29(20-26-18-16-23(2)17-19-26)25(4)33(30)34(32)28-14-9-10-15-28/h6-10,12-14,16-20,22,33-34H,3-5,11,15,21H2,1-2H3. The van der Waals surface area contributed by atoms with Gasteiger partial charge in [-0.3, -0.25) is 0 Å². The summed E-state index contributed by atoms with van der Waals surface area (Å²) in [5, 5.41) is 0. The molecule has 0 nitrogen and oxygen atoms in total. The second-order valence-electron chi connectivity index (χ2n) is 9.88. The second kappa shape index (κ2) is 9.47. The number of allylic oxidation sites excluding steroid dienone is 11. The highest BCUT2D eigenvalue weighted by Crippen LogP contribution is 2.55. The Labute approximate surface area is 205 Å². The lowest BCUT2D eigenvalue weighted by atomic mass is 9.67. The third-order valence-corrected chi connectivity index (χ3v) is 7.48. The molecule has 0 saturated heterocycles. The molecule has 0 spiro atoms. The number of benzene rings is 2. The third kappa shape index (κ3) is 4.14. The molecule has 3 aliphatic carbocycles. The molecule has 0 radical (unpaired) electrons. The fourth-order valence-corrected chi connectivity index (χ4v) is 5.83. The van der Waals surface area contributed by atoms with Crippen LogP contribution in [0, 0.1) is 18.8 Å². The molecule has 34 heavy (non-hydrogen) atoms. The topological polar surface area (TPSA) is 0 Å². The van der Waals surface area contributed by atoms with Crippen LogP contribution >= 0.6 is 0 Å². The SMILES string of the molecule is C=C(CCC)C1=C(c2ccccc2)C=C2CC(=Cc3ccc(C)cc3)C(=C)C2C1C1=CC=CC1. The number of rotatable bonds is 6. The molecular weight excluding hydrogens is 408 g/mol. The van der Waals surface area contributed by atoms with Crippen LogP contribution in [0.2, 0.25) is 0 Å². The molecule has 2 aromatic rings. The van der Waals surface area contributed by atoms with Gasteiger partial charge in [-0.15, -0.1) is 0 Å². The average molecular weight is 443 g/mol. The van der Waals surface area contributed by atoms with E-state index in [1.807, 2.05) is 0 Å². The number of fused-ring (bicyclic) bond motifs is 1. The molecule has 0 aromatic heterocycles. The fraction of sp³-hybridized carbons (Fsp3) is 0.235. The van der Waals surface area contributed by atoms with E-state index in [1.165, 1.54) is 55.7 Å². The summed E-state index contributed by atoms with van der Waals surface area (Å²) in [6.45, 7) is 13.7. The van der Waals surface area contributed by atoms with E-state index in [-0.39, 0.29) is 0 Å². The largest absolute Gasteiger partial charge is 0.0955 e. The van der Waals surface area contributed by atoms with Crippen molar-refractivity contribution < 1.29 is 0 Å². The lowest BCUT2D eigenvalue weighted by Gasteiger charge is -2.36. The maximum Gasteiger partial charge on any atom is 0.0169 e. The van der Waals surface area contributed by atoms with Crippen molar-refractivity contribution >= 4 is 11.6 Å². The van der Waals surface area contributed by atoms with Crippen molar-refractivity contribution in [2.45, 2.75) is 39.5 Å². The quantitative estimate of drug-likeness (QED) is 0.418. The molecule has 170 valence electrons. The van der Waals surface area contributed by atoms with Gasteiger partial charge < -0.3 is 0 Å². The van der Waals surface area contributed by atoms with Gasteiger partial charge >= 0.3 is 0 Å². The Hall–Kier alpha value is -3.38. The second-order valence-corrected chi connectivity index (χ2v) is 9.88. The summed E-state index contributed by atoms with van der Waals surface area (Å²) in [6, 6.07) is 19.7. The van der Waals surface area contributed by atoms with E-state index in [9.17, 15) is 0 Å². The smallest absolute Gasteiger partial charge is 0.0169 e. The van der Waals surface area contributed by atoms with Gasteiger partial charge in [0.15, 0.2) is 0 Å². The minimum atomic E-state index is 0.306. The monoisotopic (exact) mass is 442 g/mol. The molecule has 2 aromatic carbocycles. The summed E-state index contributed by atoms with van der Waals surface area (Å²) in [6.07, 6.45) is 15.8. The van der Waals surface area contributed by atoms with E-state index in [2.05, 4.69) is 112 Å². The van der Waals surface area contributed by atoms with E-state index < -0.39 is 0 Å². The van der Waals surface area contributed by atoms with Crippen molar-refractivity contribution in [2.75, 3.05) is 0 Å². The highest BCUT2D eigenvalue weighted by molar-refractivity contribution is 5.85. The molecule has 2 unspecified atom stereocenters. The average Bonchev–Trinajstić information content (AvgIpc) is 3.49. The summed E-state index contributed by atoms with van der Waals surface area (Å²) >= 11 is 0. The lowest BCUT2D eigenvalue weighted by molar-refractivity contribution is 0.564. The van der Waals surface area contributed by atoms with E-state index >= 15 is 0 Å². The van der Waals surface area contributed by atoms with Gasteiger partial charge in [-0.2, -0.15) is 0 Å². The zero-order chi connectivity index (χ0) is 23.7. The Bertz CT molecular complexity index is 1270. The Morgan fingerprint density at radius 3 is 2.44 bits per heavy atom. The molecule has 0 heterocycles. The van der Waals surface area contributed by atoms with Crippen LogP contribution in [0.25, 0.3) is 11.6 Å². The van der Waals surface area contributed by atoms with E-state index in [1.54, 1.807) is 0 Å². The summed E-state index contributed by atoms with van der Waals surface area (Å²) in [4.78, 5) is 0. The molecular formula is C34H34. The number of hydrogen-bond donors (Lipinski definition) is 0. The number of aryl methyl sites for hydroxylation is 1. The van der Waals surface area contributed by atoms with Crippen molar-refractivity contribution in [2.24, 2.45) is 11.8 Å². The van der Waals surface area contributed by atoms with Gasteiger partial charge in [0.05, 0.1) is 0 Å². The minimum absolute atomic E-state index is 0.306.